The molecule has 0 aliphatic carbocycles. The Labute approximate surface area is 131 Å². The van der Waals surface area contributed by atoms with Gasteiger partial charge in [0, 0.05) is 24.5 Å². The maximum Gasteiger partial charge on any atom is 0.234 e. The van der Waals surface area contributed by atoms with E-state index >= 15 is 0 Å². The summed E-state index contributed by atoms with van der Waals surface area (Å²) in [4.78, 5) is 11.0. The largest absolute Gasteiger partial charge is 0.296 e. The number of rotatable bonds is 2. The Kier molecular flexibility index (Phi) is 3.94. The molecule has 0 radical (unpaired) electrons. The van der Waals surface area contributed by atoms with Crippen molar-refractivity contribution in [1.29, 1.82) is 0 Å². The number of imidazole rings is 1. The molecule has 7 heteroatoms. The van der Waals surface area contributed by atoms with E-state index in [2.05, 4.69) is 19.3 Å². The van der Waals surface area contributed by atoms with Gasteiger partial charge < -0.3 is 0 Å². The van der Waals surface area contributed by atoms with Crippen molar-refractivity contribution in [3.8, 4) is 0 Å². The quantitative estimate of drug-likeness (QED) is 0.835. The van der Waals surface area contributed by atoms with Crippen LogP contribution >= 0.6 is 0 Å². The second-order valence-corrected chi connectivity index (χ2v) is 8.70. The Hall–Kier alpha value is -1.47. The van der Waals surface area contributed by atoms with E-state index in [4.69, 9.17) is 0 Å². The van der Waals surface area contributed by atoms with E-state index in [0.717, 1.165) is 23.6 Å². The second-order valence-electron chi connectivity index (χ2n) is 6.17. The maximum atomic E-state index is 12.0. The van der Waals surface area contributed by atoms with Crippen LogP contribution in [0.15, 0.2) is 12.3 Å². The summed E-state index contributed by atoms with van der Waals surface area (Å²) < 4.78 is 26.1. The predicted octanol–water partition coefficient (Wildman–Crippen LogP) is 1.36. The van der Waals surface area contributed by atoms with Crippen LogP contribution < -0.4 is 0 Å². The minimum atomic E-state index is -2.94. The molecule has 3 heterocycles. The van der Waals surface area contributed by atoms with E-state index in [0.29, 0.717) is 25.3 Å². The summed E-state index contributed by atoms with van der Waals surface area (Å²) in [6, 6.07) is 2.03. The van der Waals surface area contributed by atoms with Crippen LogP contribution in [0.1, 0.15) is 30.4 Å². The van der Waals surface area contributed by atoms with E-state index in [-0.39, 0.29) is 11.0 Å². The summed E-state index contributed by atoms with van der Waals surface area (Å²) in [5.74, 6) is 0.949. The number of aromatic nitrogens is 3. The summed E-state index contributed by atoms with van der Waals surface area (Å²) in [6.45, 7) is 7.90. The Bertz CT molecular complexity index is 797. The fraction of sp³-hybridized carbons (Fsp3) is 0.600. The highest BCUT2D eigenvalue weighted by Crippen LogP contribution is 2.17. The minimum absolute atomic E-state index is 0.237. The van der Waals surface area contributed by atoms with Crippen LogP contribution in [0.4, 0.5) is 0 Å². The van der Waals surface area contributed by atoms with E-state index in [9.17, 15) is 8.42 Å². The molecule has 1 aliphatic rings. The van der Waals surface area contributed by atoms with E-state index < -0.39 is 9.84 Å². The lowest BCUT2D eigenvalue weighted by Gasteiger charge is -2.19. The van der Waals surface area contributed by atoms with Gasteiger partial charge in [0.05, 0.1) is 22.9 Å². The Morgan fingerprint density at radius 3 is 2.86 bits per heavy atom. The SMILES string of the molecule is Cc1cc(C)n2c(CN3CCC(C)S(=O)(=O)CC3)cnc2n1. The molecule has 0 aromatic carbocycles. The highest BCUT2D eigenvalue weighted by Gasteiger charge is 2.26. The zero-order chi connectivity index (χ0) is 15.9. The van der Waals surface area contributed by atoms with Gasteiger partial charge in [-0.3, -0.25) is 9.30 Å². The summed E-state index contributed by atoms with van der Waals surface area (Å²) >= 11 is 0. The van der Waals surface area contributed by atoms with Crippen LogP contribution in [0.3, 0.4) is 0 Å². The van der Waals surface area contributed by atoms with Crippen molar-refractivity contribution in [3.05, 3.63) is 29.3 Å². The molecule has 3 rings (SSSR count). The highest BCUT2D eigenvalue weighted by molar-refractivity contribution is 7.92. The lowest BCUT2D eigenvalue weighted by molar-refractivity contribution is 0.279. The van der Waals surface area contributed by atoms with Crippen LogP contribution in [0.5, 0.6) is 0 Å². The normalized spacial score (nSPS) is 22.8. The van der Waals surface area contributed by atoms with Crippen molar-refractivity contribution in [2.24, 2.45) is 0 Å². The molecule has 6 nitrogen and oxygen atoms in total. The highest BCUT2D eigenvalue weighted by atomic mass is 32.2. The van der Waals surface area contributed by atoms with Gasteiger partial charge >= 0.3 is 0 Å². The van der Waals surface area contributed by atoms with Gasteiger partial charge in [-0.2, -0.15) is 0 Å². The van der Waals surface area contributed by atoms with Crippen molar-refractivity contribution in [2.75, 3.05) is 18.8 Å². The van der Waals surface area contributed by atoms with Crippen LogP contribution in [-0.4, -0.2) is 51.8 Å². The third-order valence-corrected chi connectivity index (χ3v) is 6.62. The fourth-order valence-electron chi connectivity index (χ4n) is 3.01. The summed E-state index contributed by atoms with van der Waals surface area (Å²) in [6.07, 6.45) is 2.53. The topological polar surface area (TPSA) is 67.6 Å². The first kappa shape index (κ1) is 15.4. The molecular weight excluding hydrogens is 300 g/mol. The van der Waals surface area contributed by atoms with Crippen molar-refractivity contribution in [2.45, 2.75) is 39.0 Å². The Balaban J connectivity index is 1.85. The standard InChI is InChI=1S/C15H22N4O2S/c1-11-8-12(2)19-14(9-16-15(19)17-11)10-18-5-4-13(3)22(20,21)7-6-18/h8-9,13H,4-7,10H2,1-3H3. The molecule has 1 fully saturated rings. The molecule has 22 heavy (non-hydrogen) atoms. The average Bonchev–Trinajstić information content (AvgIpc) is 2.78. The monoisotopic (exact) mass is 322 g/mol. The molecule has 0 saturated carbocycles. The van der Waals surface area contributed by atoms with Crippen LogP contribution in [0.25, 0.3) is 5.78 Å². The number of sulfone groups is 1. The van der Waals surface area contributed by atoms with Gasteiger partial charge in [0.2, 0.25) is 5.78 Å². The lowest BCUT2D eigenvalue weighted by atomic mass is 10.3. The number of hydrogen-bond donors (Lipinski definition) is 0. The lowest BCUT2D eigenvalue weighted by Crippen LogP contribution is -2.27. The average molecular weight is 322 g/mol. The summed E-state index contributed by atoms with van der Waals surface area (Å²) in [7, 11) is -2.94. The van der Waals surface area contributed by atoms with Crippen molar-refractivity contribution in [1.82, 2.24) is 19.3 Å². The van der Waals surface area contributed by atoms with Crippen LogP contribution in [0.2, 0.25) is 0 Å². The molecule has 1 atom stereocenters. The molecule has 0 bridgehead atoms. The van der Waals surface area contributed by atoms with Crippen LogP contribution in [-0.2, 0) is 16.4 Å². The second kappa shape index (κ2) is 5.62. The van der Waals surface area contributed by atoms with Gasteiger partial charge in [-0.15, -0.1) is 0 Å². The third kappa shape index (κ3) is 2.87. The molecule has 0 N–H and O–H groups in total. The molecule has 0 amide bonds. The third-order valence-electron chi connectivity index (χ3n) is 4.41. The van der Waals surface area contributed by atoms with E-state index in [1.807, 2.05) is 33.0 Å². The van der Waals surface area contributed by atoms with Crippen molar-refractivity contribution >= 4 is 15.6 Å². The van der Waals surface area contributed by atoms with E-state index in [1.165, 1.54) is 0 Å². The molecular formula is C15H22N4O2S. The molecule has 120 valence electrons. The molecule has 2 aromatic rings. The molecule has 0 spiro atoms. The van der Waals surface area contributed by atoms with Gasteiger partial charge in [-0.05, 0) is 39.8 Å². The summed E-state index contributed by atoms with van der Waals surface area (Å²) in [5.41, 5.74) is 3.12. The van der Waals surface area contributed by atoms with Crippen molar-refractivity contribution in [3.63, 3.8) is 0 Å². The minimum Gasteiger partial charge on any atom is -0.296 e. The zero-order valence-electron chi connectivity index (χ0n) is 13.3. The Morgan fingerprint density at radius 2 is 2.09 bits per heavy atom. The maximum absolute atomic E-state index is 12.0. The number of fused-ring (bicyclic) bond motifs is 1. The smallest absolute Gasteiger partial charge is 0.234 e. The number of nitrogens with zero attached hydrogens (tertiary/aromatic N) is 4. The number of hydrogen-bond acceptors (Lipinski definition) is 5. The molecule has 1 unspecified atom stereocenters. The predicted molar refractivity (Wildman–Crippen MR) is 85.6 cm³/mol. The zero-order valence-corrected chi connectivity index (χ0v) is 14.1. The molecule has 1 saturated heterocycles. The Morgan fingerprint density at radius 1 is 1.32 bits per heavy atom. The molecule has 2 aromatic heterocycles. The van der Waals surface area contributed by atoms with Gasteiger partial charge in [-0.1, -0.05) is 0 Å². The fourth-order valence-corrected chi connectivity index (χ4v) is 4.39. The van der Waals surface area contributed by atoms with Gasteiger partial charge in [0.15, 0.2) is 9.84 Å². The first-order valence-electron chi connectivity index (χ1n) is 7.61. The van der Waals surface area contributed by atoms with Crippen molar-refractivity contribution < 1.29 is 8.42 Å². The first-order chi connectivity index (χ1) is 10.4. The van der Waals surface area contributed by atoms with Gasteiger partial charge in [-0.25, -0.2) is 18.4 Å². The molecule has 1 aliphatic heterocycles. The van der Waals surface area contributed by atoms with Gasteiger partial charge in [0.25, 0.3) is 0 Å². The number of aryl methyl sites for hydroxylation is 2. The summed E-state index contributed by atoms with van der Waals surface area (Å²) in [5, 5.41) is -0.245. The van der Waals surface area contributed by atoms with Crippen LogP contribution in [0, 0.1) is 13.8 Å². The first-order valence-corrected chi connectivity index (χ1v) is 9.33. The van der Waals surface area contributed by atoms with Gasteiger partial charge in [0.1, 0.15) is 0 Å². The van der Waals surface area contributed by atoms with E-state index in [1.54, 1.807) is 0 Å².